The van der Waals surface area contributed by atoms with Crippen LogP contribution in [0.3, 0.4) is 0 Å². The van der Waals surface area contributed by atoms with Crippen molar-refractivity contribution >= 4 is 18.0 Å². The van der Waals surface area contributed by atoms with Gasteiger partial charge in [0.2, 0.25) is 0 Å². The number of aldehydes is 1. The molecule has 0 unspecified atom stereocenters. The second-order valence-corrected chi connectivity index (χ2v) is 1.42. The first kappa shape index (κ1) is 7.81. The third-order valence-electron chi connectivity index (χ3n) is 0.573. The summed E-state index contributed by atoms with van der Waals surface area (Å²) in [7, 11) is 0. The van der Waals surface area contributed by atoms with E-state index < -0.39 is 5.97 Å². The number of rotatable bonds is 3. The summed E-state index contributed by atoms with van der Waals surface area (Å²) in [6, 6.07) is 0. The summed E-state index contributed by atoms with van der Waals surface area (Å²) in [6.45, 7) is 0.997. The quantitative estimate of drug-likeness (QED) is 0.325. The van der Waals surface area contributed by atoms with Gasteiger partial charge in [0.05, 0.1) is 0 Å². The molecule has 0 radical (unpaired) electrons. The van der Waals surface area contributed by atoms with Gasteiger partial charge in [0.1, 0.15) is 12.3 Å². The van der Waals surface area contributed by atoms with Crippen LogP contribution in [0, 0.1) is 5.41 Å². The maximum atomic E-state index is 10.0. The summed E-state index contributed by atoms with van der Waals surface area (Å²) in [5, 5.41) is 6.69. The monoisotopic (exact) mass is 129 g/mol. The molecule has 0 amide bonds. The van der Waals surface area contributed by atoms with Gasteiger partial charge in [-0.3, -0.25) is 15.0 Å². The third-order valence-corrected chi connectivity index (χ3v) is 0.573. The highest BCUT2D eigenvalue weighted by molar-refractivity contribution is 6.27. The Morgan fingerprint density at radius 2 is 2.33 bits per heavy atom. The first-order valence-corrected chi connectivity index (χ1v) is 2.32. The van der Waals surface area contributed by atoms with E-state index in [-0.39, 0.29) is 12.3 Å². The maximum absolute atomic E-state index is 10.0. The Balaban J connectivity index is 3.39. The fraction of sp³-hybridized carbons (Fsp3) is 0.400. The zero-order valence-corrected chi connectivity index (χ0v) is 5.01. The minimum atomic E-state index is -0.485. The van der Waals surface area contributed by atoms with Gasteiger partial charge in [-0.2, -0.15) is 0 Å². The predicted molar refractivity (Wildman–Crippen MR) is 30.4 cm³/mol. The summed E-state index contributed by atoms with van der Waals surface area (Å²) in [4.78, 5) is 19.7. The molecule has 0 bridgehead atoms. The number of ether oxygens (including phenoxy) is 1. The number of esters is 1. The van der Waals surface area contributed by atoms with Crippen LogP contribution in [0.15, 0.2) is 0 Å². The van der Waals surface area contributed by atoms with Crippen LogP contribution < -0.4 is 0 Å². The van der Waals surface area contributed by atoms with Gasteiger partial charge in [0.25, 0.3) is 0 Å². The summed E-state index contributed by atoms with van der Waals surface area (Å²) in [5.41, 5.74) is -0.231. The van der Waals surface area contributed by atoms with Gasteiger partial charge in [-0.05, 0) is 0 Å². The molecule has 0 aliphatic heterocycles. The van der Waals surface area contributed by atoms with Crippen molar-refractivity contribution < 1.29 is 14.3 Å². The van der Waals surface area contributed by atoms with Crippen molar-refractivity contribution in [2.24, 2.45) is 0 Å². The van der Waals surface area contributed by atoms with Gasteiger partial charge in [0.15, 0.2) is 6.29 Å². The molecule has 0 saturated carbocycles. The second-order valence-electron chi connectivity index (χ2n) is 1.42. The van der Waals surface area contributed by atoms with Gasteiger partial charge >= 0.3 is 5.97 Å². The standard InChI is InChI=1S/C5H7NO3/c1-4(8)9-3-5(6)2-7/h2,6H,3H2,1H3. The smallest absolute Gasteiger partial charge is 0.303 e. The lowest BCUT2D eigenvalue weighted by Crippen LogP contribution is -2.11. The second kappa shape index (κ2) is 3.77. The molecule has 50 valence electrons. The summed E-state index contributed by atoms with van der Waals surface area (Å²) in [6.07, 6.45) is 0.336. The summed E-state index contributed by atoms with van der Waals surface area (Å²) in [5.74, 6) is -0.485. The zero-order valence-electron chi connectivity index (χ0n) is 5.01. The molecule has 0 saturated heterocycles. The van der Waals surface area contributed by atoms with Crippen molar-refractivity contribution in [3.63, 3.8) is 0 Å². The van der Waals surface area contributed by atoms with Crippen LogP contribution in [0.2, 0.25) is 0 Å². The molecule has 0 aliphatic carbocycles. The van der Waals surface area contributed by atoms with Crippen molar-refractivity contribution in [2.45, 2.75) is 6.92 Å². The van der Waals surface area contributed by atoms with Crippen LogP contribution in [0.4, 0.5) is 0 Å². The van der Waals surface area contributed by atoms with Gasteiger partial charge in [-0.15, -0.1) is 0 Å². The fourth-order valence-electron chi connectivity index (χ4n) is 0.213. The van der Waals surface area contributed by atoms with Crippen LogP contribution in [0.25, 0.3) is 0 Å². The first-order valence-electron chi connectivity index (χ1n) is 2.32. The average molecular weight is 129 g/mol. The minimum Gasteiger partial charge on any atom is -0.459 e. The number of carbonyl (C=O) groups excluding carboxylic acids is 2. The summed E-state index contributed by atoms with van der Waals surface area (Å²) >= 11 is 0. The van der Waals surface area contributed by atoms with E-state index >= 15 is 0 Å². The van der Waals surface area contributed by atoms with E-state index in [1.54, 1.807) is 0 Å². The Hall–Kier alpha value is -1.19. The Kier molecular flexibility index (Phi) is 3.27. The van der Waals surface area contributed by atoms with E-state index in [0.29, 0.717) is 6.29 Å². The van der Waals surface area contributed by atoms with E-state index in [2.05, 4.69) is 4.74 Å². The normalized spacial score (nSPS) is 8.11. The van der Waals surface area contributed by atoms with E-state index in [9.17, 15) is 9.59 Å². The molecule has 0 aromatic heterocycles. The van der Waals surface area contributed by atoms with E-state index in [4.69, 9.17) is 5.41 Å². The molecule has 0 aromatic carbocycles. The molecule has 1 N–H and O–H groups in total. The van der Waals surface area contributed by atoms with Gasteiger partial charge < -0.3 is 4.74 Å². The van der Waals surface area contributed by atoms with E-state index in [1.807, 2.05) is 0 Å². The highest BCUT2D eigenvalue weighted by Gasteiger charge is 1.95. The largest absolute Gasteiger partial charge is 0.459 e. The lowest BCUT2D eigenvalue weighted by molar-refractivity contribution is -0.139. The molecule has 0 spiro atoms. The van der Waals surface area contributed by atoms with Crippen molar-refractivity contribution in [2.75, 3.05) is 6.61 Å². The molecule has 0 aliphatic rings. The topological polar surface area (TPSA) is 67.2 Å². The van der Waals surface area contributed by atoms with Gasteiger partial charge in [-0.1, -0.05) is 0 Å². The van der Waals surface area contributed by atoms with Gasteiger partial charge in [0, 0.05) is 6.92 Å². The van der Waals surface area contributed by atoms with Crippen LogP contribution in [-0.2, 0) is 14.3 Å². The predicted octanol–water partition coefficient (Wildman–Crippen LogP) is -0.232. The van der Waals surface area contributed by atoms with Crippen LogP contribution in [0.5, 0.6) is 0 Å². The molecule has 0 heterocycles. The molecule has 4 nitrogen and oxygen atoms in total. The Labute approximate surface area is 52.3 Å². The van der Waals surface area contributed by atoms with Crippen molar-refractivity contribution in [3.05, 3.63) is 0 Å². The van der Waals surface area contributed by atoms with Gasteiger partial charge in [-0.25, -0.2) is 0 Å². The van der Waals surface area contributed by atoms with Crippen molar-refractivity contribution in [1.29, 1.82) is 5.41 Å². The molecule has 0 fully saturated rings. The highest BCUT2D eigenvalue weighted by Crippen LogP contribution is 1.75. The molecular weight excluding hydrogens is 122 g/mol. The number of hydrogen-bond donors (Lipinski definition) is 1. The van der Waals surface area contributed by atoms with E-state index in [0.717, 1.165) is 0 Å². The van der Waals surface area contributed by atoms with Crippen LogP contribution >= 0.6 is 0 Å². The number of carbonyl (C=O) groups is 2. The lowest BCUT2D eigenvalue weighted by Gasteiger charge is -1.95. The van der Waals surface area contributed by atoms with E-state index in [1.165, 1.54) is 6.92 Å². The SMILES string of the molecule is CC(=O)OCC(=N)C=O. The lowest BCUT2D eigenvalue weighted by atomic mass is 10.4. The Morgan fingerprint density at radius 3 is 2.67 bits per heavy atom. The van der Waals surface area contributed by atoms with Crippen molar-refractivity contribution in [3.8, 4) is 0 Å². The highest BCUT2D eigenvalue weighted by atomic mass is 16.5. The summed E-state index contributed by atoms with van der Waals surface area (Å²) < 4.78 is 4.30. The zero-order chi connectivity index (χ0) is 7.28. The molecule has 0 atom stereocenters. The molecule has 0 rings (SSSR count). The van der Waals surface area contributed by atoms with Crippen LogP contribution in [-0.4, -0.2) is 24.6 Å². The van der Waals surface area contributed by atoms with Crippen molar-refractivity contribution in [1.82, 2.24) is 0 Å². The molecule has 9 heavy (non-hydrogen) atoms. The number of nitrogens with one attached hydrogen (secondary N) is 1. The molecular formula is C5H7NO3. The molecule has 0 aromatic rings. The number of hydrogen-bond acceptors (Lipinski definition) is 4. The minimum absolute atomic E-state index is 0.223. The Morgan fingerprint density at radius 1 is 1.78 bits per heavy atom. The molecule has 4 heteroatoms. The maximum Gasteiger partial charge on any atom is 0.303 e. The van der Waals surface area contributed by atoms with Crippen LogP contribution in [0.1, 0.15) is 6.92 Å². The first-order chi connectivity index (χ1) is 4.16. The fourth-order valence-corrected chi connectivity index (χ4v) is 0.213. The Bertz CT molecular complexity index is 141. The third kappa shape index (κ3) is 4.67. The average Bonchev–Trinajstić information content (AvgIpc) is 1.83.